The molecule has 1 aromatic heterocycles. The minimum Gasteiger partial charge on any atom is -0.267 e. The normalized spacial score (nSPS) is 11.0. The number of carbonyl (C=O) groups is 1. The van der Waals surface area contributed by atoms with Crippen LogP contribution in [0.25, 0.3) is 22.5 Å². The summed E-state index contributed by atoms with van der Waals surface area (Å²) in [7, 11) is 0. The number of hydrazone groups is 1. The Morgan fingerprint density at radius 1 is 0.812 bits per heavy atom. The van der Waals surface area contributed by atoms with Crippen LogP contribution < -0.4 is 5.43 Å². The molecular weight excluding hydrogens is 448 g/mol. The van der Waals surface area contributed by atoms with Crippen LogP contribution in [0, 0.1) is 5.82 Å². The minimum atomic E-state index is -0.406. The molecule has 3 aromatic carbocycles. The van der Waals surface area contributed by atoms with Crippen LogP contribution in [0.15, 0.2) is 90.0 Å². The molecule has 4 nitrogen and oxygen atoms in total. The molecule has 0 bridgehead atoms. The van der Waals surface area contributed by atoms with Crippen molar-refractivity contribution < 1.29 is 9.18 Å². The van der Waals surface area contributed by atoms with Gasteiger partial charge < -0.3 is 0 Å². The fourth-order valence-corrected chi connectivity index (χ4v) is 3.23. The highest BCUT2D eigenvalue weighted by Crippen LogP contribution is 2.26. The summed E-state index contributed by atoms with van der Waals surface area (Å²) in [5.41, 5.74) is 6.26. The van der Waals surface area contributed by atoms with E-state index in [1.54, 1.807) is 60.7 Å². The summed E-state index contributed by atoms with van der Waals surface area (Å²) < 4.78 is 13.4. The van der Waals surface area contributed by atoms with Gasteiger partial charge in [-0.15, -0.1) is 0 Å². The Morgan fingerprint density at radius 3 is 1.88 bits per heavy atom. The van der Waals surface area contributed by atoms with E-state index in [1.807, 2.05) is 12.1 Å². The molecule has 4 rings (SSSR count). The lowest BCUT2D eigenvalue weighted by Gasteiger charge is -2.09. The van der Waals surface area contributed by atoms with Crippen molar-refractivity contribution in [1.29, 1.82) is 0 Å². The highest BCUT2D eigenvalue weighted by molar-refractivity contribution is 6.30. The summed E-state index contributed by atoms with van der Waals surface area (Å²) in [6.07, 6.45) is 1.52. The molecule has 0 atom stereocenters. The zero-order valence-corrected chi connectivity index (χ0v) is 18.1. The molecule has 7 heteroatoms. The molecule has 0 aliphatic carbocycles. The summed E-state index contributed by atoms with van der Waals surface area (Å²) >= 11 is 11.9. The second kappa shape index (κ2) is 9.73. The lowest BCUT2D eigenvalue weighted by molar-refractivity contribution is 0.0955. The summed E-state index contributed by atoms with van der Waals surface area (Å²) in [4.78, 5) is 17.5. The van der Waals surface area contributed by atoms with Gasteiger partial charge in [-0.2, -0.15) is 5.10 Å². The Labute approximate surface area is 194 Å². The minimum absolute atomic E-state index is 0.350. The number of hydrogen-bond acceptors (Lipinski definition) is 3. The summed E-state index contributed by atoms with van der Waals surface area (Å²) in [6, 6.07) is 23.4. The third-order valence-electron chi connectivity index (χ3n) is 4.62. The SMILES string of the molecule is O=C(N/N=C\c1ccc(Cl)cc1)c1cc(-c2ccc(F)cc2)nc(-c2ccc(Cl)cc2)c1. The average Bonchev–Trinajstić information content (AvgIpc) is 2.81. The van der Waals surface area contributed by atoms with Gasteiger partial charge in [-0.3, -0.25) is 4.79 Å². The van der Waals surface area contributed by atoms with Crippen LogP contribution in [0.1, 0.15) is 15.9 Å². The Hall–Kier alpha value is -3.54. The van der Waals surface area contributed by atoms with Gasteiger partial charge in [-0.25, -0.2) is 14.8 Å². The number of rotatable bonds is 5. The fourth-order valence-electron chi connectivity index (χ4n) is 2.98. The van der Waals surface area contributed by atoms with Crippen LogP contribution in [0.4, 0.5) is 4.39 Å². The molecule has 0 aliphatic heterocycles. The number of amides is 1. The van der Waals surface area contributed by atoms with E-state index in [-0.39, 0.29) is 5.82 Å². The highest BCUT2D eigenvalue weighted by Gasteiger charge is 2.12. The number of carbonyl (C=O) groups excluding carboxylic acids is 1. The monoisotopic (exact) mass is 463 g/mol. The number of benzene rings is 3. The standard InChI is InChI=1S/C25H16Cl2FN3O/c26-20-7-1-16(2-8-20)15-29-31-25(32)19-13-23(17-3-9-21(27)10-4-17)30-24(14-19)18-5-11-22(28)12-6-18/h1-15H,(H,31,32)/b29-15-. The van der Waals surface area contributed by atoms with Gasteiger partial charge in [0.1, 0.15) is 5.82 Å². The van der Waals surface area contributed by atoms with Crippen molar-refractivity contribution in [3.05, 3.63) is 112 Å². The summed E-state index contributed by atoms with van der Waals surface area (Å²) in [6.45, 7) is 0. The first-order valence-corrected chi connectivity index (χ1v) is 10.4. The lowest BCUT2D eigenvalue weighted by Crippen LogP contribution is -2.18. The van der Waals surface area contributed by atoms with Gasteiger partial charge in [-0.05, 0) is 66.2 Å². The maximum atomic E-state index is 13.4. The molecule has 0 radical (unpaired) electrons. The predicted molar refractivity (Wildman–Crippen MR) is 127 cm³/mol. The molecule has 0 saturated carbocycles. The van der Waals surface area contributed by atoms with Gasteiger partial charge >= 0.3 is 0 Å². The van der Waals surface area contributed by atoms with E-state index in [0.717, 1.165) is 11.1 Å². The predicted octanol–water partition coefficient (Wildman–Crippen LogP) is 6.63. The van der Waals surface area contributed by atoms with Crippen molar-refractivity contribution in [3.63, 3.8) is 0 Å². The van der Waals surface area contributed by atoms with Crippen LogP contribution in [0.2, 0.25) is 10.0 Å². The van der Waals surface area contributed by atoms with Crippen LogP contribution >= 0.6 is 23.2 Å². The lowest BCUT2D eigenvalue weighted by atomic mass is 10.0. The first kappa shape index (κ1) is 21.7. The van der Waals surface area contributed by atoms with E-state index in [2.05, 4.69) is 15.5 Å². The third-order valence-corrected chi connectivity index (χ3v) is 5.12. The zero-order valence-electron chi connectivity index (χ0n) is 16.6. The van der Waals surface area contributed by atoms with Crippen molar-refractivity contribution in [1.82, 2.24) is 10.4 Å². The quantitative estimate of drug-likeness (QED) is 0.266. The number of nitrogens with one attached hydrogen (secondary N) is 1. The molecule has 1 N–H and O–H groups in total. The van der Waals surface area contributed by atoms with E-state index in [1.165, 1.54) is 18.3 Å². The van der Waals surface area contributed by atoms with Gasteiger partial charge in [-0.1, -0.05) is 47.5 Å². The molecule has 32 heavy (non-hydrogen) atoms. The van der Waals surface area contributed by atoms with Crippen LogP contribution in [0.5, 0.6) is 0 Å². The largest absolute Gasteiger partial charge is 0.271 e. The topological polar surface area (TPSA) is 54.4 Å². The molecule has 1 amide bonds. The van der Waals surface area contributed by atoms with E-state index >= 15 is 0 Å². The van der Waals surface area contributed by atoms with Crippen LogP contribution in [-0.2, 0) is 0 Å². The molecular formula is C25H16Cl2FN3O. The average molecular weight is 464 g/mol. The Bertz CT molecular complexity index is 1210. The first-order chi connectivity index (χ1) is 15.5. The molecule has 1 heterocycles. The van der Waals surface area contributed by atoms with Crippen LogP contribution in [0.3, 0.4) is 0 Å². The maximum Gasteiger partial charge on any atom is 0.271 e. The molecule has 0 spiro atoms. The molecule has 158 valence electrons. The summed E-state index contributed by atoms with van der Waals surface area (Å²) in [5, 5.41) is 5.23. The van der Waals surface area contributed by atoms with Gasteiger partial charge in [0.2, 0.25) is 0 Å². The second-order valence-electron chi connectivity index (χ2n) is 6.89. The van der Waals surface area contributed by atoms with E-state index in [9.17, 15) is 9.18 Å². The fraction of sp³-hybridized carbons (Fsp3) is 0. The van der Waals surface area contributed by atoms with Gasteiger partial charge in [0.25, 0.3) is 5.91 Å². The number of hydrogen-bond donors (Lipinski definition) is 1. The van der Waals surface area contributed by atoms with Crippen LogP contribution in [-0.4, -0.2) is 17.1 Å². The van der Waals surface area contributed by atoms with Crippen molar-refractivity contribution >= 4 is 35.3 Å². The Morgan fingerprint density at radius 2 is 1.31 bits per heavy atom. The highest BCUT2D eigenvalue weighted by atomic mass is 35.5. The Balaban J connectivity index is 1.66. The number of nitrogens with zero attached hydrogens (tertiary/aromatic N) is 2. The number of pyridine rings is 1. The zero-order chi connectivity index (χ0) is 22.5. The molecule has 0 aliphatic rings. The Kier molecular flexibility index (Phi) is 6.59. The molecule has 0 saturated heterocycles. The second-order valence-corrected chi connectivity index (χ2v) is 7.76. The van der Waals surface area contributed by atoms with Crippen molar-refractivity contribution in [2.75, 3.05) is 0 Å². The molecule has 0 unspecified atom stereocenters. The smallest absolute Gasteiger partial charge is 0.267 e. The van der Waals surface area contributed by atoms with Crippen molar-refractivity contribution in [2.24, 2.45) is 5.10 Å². The van der Waals surface area contributed by atoms with Crippen molar-refractivity contribution in [2.45, 2.75) is 0 Å². The van der Waals surface area contributed by atoms with E-state index in [0.29, 0.717) is 32.6 Å². The molecule has 4 aromatic rings. The first-order valence-electron chi connectivity index (χ1n) is 9.61. The van der Waals surface area contributed by atoms with E-state index in [4.69, 9.17) is 23.2 Å². The number of halogens is 3. The van der Waals surface area contributed by atoms with Gasteiger partial charge in [0.15, 0.2) is 0 Å². The summed E-state index contributed by atoms with van der Waals surface area (Å²) in [5.74, 6) is -0.756. The van der Waals surface area contributed by atoms with Gasteiger partial charge in [0, 0.05) is 26.7 Å². The number of aromatic nitrogens is 1. The van der Waals surface area contributed by atoms with E-state index < -0.39 is 5.91 Å². The molecule has 0 fully saturated rings. The van der Waals surface area contributed by atoms with Gasteiger partial charge in [0.05, 0.1) is 17.6 Å². The third kappa shape index (κ3) is 5.38. The van der Waals surface area contributed by atoms with Crippen molar-refractivity contribution in [3.8, 4) is 22.5 Å². The maximum absolute atomic E-state index is 13.4.